The molecule has 0 aliphatic carbocycles. The zero-order valence-corrected chi connectivity index (χ0v) is 11.7. The second-order valence-electron chi connectivity index (χ2n) is 5.40. The fourth-order valence-corrected chi connectivity index (χ4v) is 3.03. The van der Waals surface area contributed by atoms with E-state index in [-0.39, 0.29) is 5.41 Å². The molecule has 4 heteroatoms. The van der Waals surface area contributed by atoms with E-state index in [1.54, 1.807) is 0 Å². The van der Waals surface area contributed by atoms with Gasteiger partial charge in [0.25, 0.3) is 0 Å². The van der Waals surface area contributed by atoms with Crippen LogP contribution in [0.3, 0.4) is 0 Å². The summed E-state index contributed by atoms with van der Waals surface area (Å²) in [5.41, 5.74) is 5.45. The van der Waals surface area contributed by atoms with E-state index in [9.17, 15) is 0 Å². The number of hydrogen-bond donors (Lipinski definition) is 2. The highest BCUT2D eigenvalue weighted by molar-refractivity contribution is 8.00. The number of nitrogens with one attached hydrogen (secondary N) is 1. The van der Waals surface area contributed by atoms with Crippen LogP contribution in [-0.4, -0.2) is 40.9 Å². The van der Waals surface area contributed by atoms with Crippen molar-refractivity contribution < 1.29 is 0 Å². The molecule has 2 atom stereocenters. The van der Waals surface area contributed by atoms with Crippen molar-refractivity contribution in [1.82, 2.24) is 4.90 Å². The van der Waals surface area contributed by atoms with Crippen molar-refractivity contribution in [3.63, 3.8) is 0 Å². The smallest absolute Gasteiger partial charge is 0.0963 e. The fraction of sp³-hybridized carbons (Fsp3) is 0.917. The van der Waals surface area contributed by atoms with Gasteiger partial charge in [-0.25, -0.2) is 0 Å². The van der Waals surface area contributed by atoms with E-state index in [1.165, 1.54) is 12.3 Å². The molecular formula is C12H25N3S. The topological polar surface area (TPSA) is 53.1 Å². The molecule has 1 aliphatic heterocycles. The number of nitrogens with zero attached hydrogens (tertiary/aromatic N) is 1. The molecule has 1 rings (SSSR count). The Morgan fingerprint density at radius 1 is 1.50 bits per heavy atom. The molecule has 1 fully saturated rings. The molecule has 0 spiro atoms. The summed E-state index contributed by atoms with van der Waals surface area (Å²) >= 11 is 2.06. The predicted molar refractivity (Wildman–Crippen MR) is 73.3 cm³/mol. The van der Waals surface area contributed by atoms with Gasteiger partial charge < -0.3 is 5.73 Å². The predicted octanol–water partition coefficient (Wildman–Crippen LogP) is 2.16. The van der Waals surface area contributed by atoms with E-state index < -0.39 is 0 Å². The summed E-state index contributed by atoms with van der Waals surface area (Å²) < 4.78 is 0. The average molecular weight is 243 g/mol. The van der Waals surface area contributed by atoms with Gasteiger partial charge >= 0.3 is 0 Å². The third-order valence-corrected chi connectivity index (χ3v) is 5.11. The van der Waals surface area contributed by atoms with E-state index in [2.05, 4.69) is 44.4 Å². The molecule has 1 aliphatic rings. The van der Waals surface area contributed by atoms with E-state index in [0.29, 0.717) is 17.1 Å². The molecule has 3 N–H and O–H groups in total. The van der Waals surface area contributed by atoms with E-state index in [0.717, 1.165) is 13.0 Å². The summed E-state index contributed by atoms with van der Waals surface area (Å²) in [4.78, 5) is 2.53. The molecule has 16 heavy (non-hydrogen) atoms. The van der Waals surface area contributed by atoms with Gasteiger partial charge in [-0.15, -0.1) is 0 Å². The molecule has 0 amide bonds. The van der Waals surface area contributed by atoms with Crippen LogP contribution in [0.1, 0.15) is 34.1 Å². The third kappa shape index (κ3) is 3.39. The number of rotatable bonds is 4. The lowest BCUT2D eigenvalue weighted by atomic mass is 9.87. The Balaban J connectivity index is 2.45. The Bertz CT molecular complexity index is 253. The molecule has 2 unspecified atom stereocenters. The highest BCUT2D eigenvalue weighted by atomic mass is 32.2. The van der Waals surface area contributed by atoms with Crippen LogP contribution in [0, 0.1) is 10.8 Å². The largest absolute Gasteiger partial charge is 0.387 e. The molecule has 94 valence electrons. The maximum Gasteiger partial charge on any atom is 0.0963 e. The van der Waals surface area contributed by atoms with Crippen LogP contribution in [0.2, 0.25) is 0 Å². The molecule has 1 saturated heterocycles. The Hall–Kier alpha value is -0.220. The second-order valence-corrected chi connectivity index (χ2v) is 6.89. The van der Waals surface area contributed by atoms with Crippen molar-refractivity contribution in [3.8, 4) is 0 Å². The minimum atomic E-state index is -0.159. The normalized spacial score (nSPS) is 28.0. The summed E-state index contributed by atoms with van der Waals surface area (Å²) in [6.07, 6.45) is 0.976. The monoisotopic (exact) mass is 243 g/mol. The van der Waals surface area contributed by atoms with Gasteiger partial charge in [0.05, 0.1) is 5.84 Å². The van der Waals surface area contributed by atoms with Gasteiger partial charge in [-0.3, -0.25) is 10.3 Å². The first-order valence-electron chi connectivity index (χ1n) is 6.05. The van der Waals surface area contributed by atoms with Gasteiger partial charge in [-0.1, -0.05) is 20.8 Å². The van der Waals surface area contributed by atoms with Gasteiger partial charge in [0.1, 0.15) is 0 Å². The lowest BCUT2D eigenvalue weighted by molar-refractivity contribution is 0.193. The molecule has 0 aromatic carbocycles. The van der Waals surface area contributed by atoms with Crippen LogP contribution in [0.15, 0.2) is 0 Å². The minimum absolute atomic E-state index is 0.159. The second kappa shape index (κ2) is 5.41. The molecule has 0 bridgehead atoms. The summed E-state index contributed by atoms with van der Waals surface area (Å²) in [7, 11) is 0. The van der Waals surface area contributed by atoms with Crippen molar-refractivity contribution in [3.05, 3.63) is 0 Å². The van der Waals surface area contributed by atoms with Gasteiger partial charge in [-0.05, 0) is 19.9 Å². The summed E-state index contributed by atoms with van der Waals surface area (Å²) in [6, 6.07) is 0.640. The zero-order valence-electron chi connectivity index (χ0n) is 10.9. The minimum Gasteiger partial charge on any atom is -0.387 e. The molecule has 0 aromatic rings. The lowest BCUT2D eigenvalue weighted by Crippen LogP contribution is -2.46. The summed E-state index contributed by atoms with van der Waals surface area (Å²) in [5.74, 6) is 1.53. The van der Waals surface area contributed by atoms with Crippen molar-refractivity contribution in [1.29, 1.82) is 5.41 Å². The Labute approximate surface area is 104 Å². The number of hydrogen-bond acceptors (Lipinski definition) is 3. The van der Waals surface area contributed by atoms with Crippen molar-refractivity contribution in [2.75, 3.05) is 18.8 Å². The Kier molecular flexibility index (Phi) is 4.68. The first-order chi connectivity index (χ1) is 7.34. The van der Waals surface area contributed by atoms with Crippen LogP contribution in [0.25, 0.3) is 0 Å². The van der Waals surface area contributed by atoms with Gasteiger partial charge in [0, 0.05) is 29.0 Å². The highest BCUT2D eigenvalue weighted by Crippen LogP contribution is 2.27. The Morgan fingerprint density at radius 3 is 2.69 bits per heavy atom. The number of nitrogens with two attached hydrogens (primary N) is 1. The third-order valence-electron chi connectivity index (χ3n) is 3.77. The van der Waals surface area contributed by atoms with Crippen molar-refractivity contribution in [2.45, 2.75) is 45.4 Å². The maximum atomic E-state index is 7.56. The first-order valence-corrected chi connectivity index (χ1v) is 7.09. The van der Waals surface area contributed by atoms with Crippen LogP contribution in [0.5, 0.6) is 0 Å². The number of thioether (sulfide) groups is 1. The van der Waals surface area contributed by atoms with E-state index in [1.807, 2.05) is 0 Å². The van der Waals surface area contributed by atoms with Gasteiger partial charge in [0.2, 0.25) is 0 Å². The highest BCUT2D eigenvalue weighted by Gasteiger charge is 2.28. The quantitative estimate of drug-likeness (QED) is 0.588. The summed E-state index contributed by atoms with van der Waals surface area (Å²) in [6.45, 7) is 10.9. The van der Waals surface area contributed by atoms with E-state index >= 15 is 0 Å². The molecule has 0 radical (unpaired) electrons. The van der Waals surface area contributed by atoms with Crippen molar-refractivity contribution in [2.24, 2.45) is 11.1 Å². The molecule has 0 aromatic heterocycles. The summed E-state index contributed by atoms with van der Waals surface area (Å²) in [5, 5.41) is 8.28. The van der Waals surface area contributed by atoms with Crippen LogP contribution < -0.4 is 5.73 Å². The van der Waals surface area contributed by atoms with E-state index in [4.69, 9.17) is 11.1 Å². The molecule has 3 nitrogen and oxygen atoms in total. The number of amidine groups is 1. The van der Waals surface area contributed by atoms with Gasteiger partial charge in [0.15, 0.2) is 0 Å². The van der Waals surface area contributed by atoms with Crippen LogP contribution in [0.4, 0.5) is 0 Å². The molecular weight excluding hydrogens is 218 g/mol. The first kappa shape index (κ1) is 13.8. The lowest BCUT2D eigenvalue weighted by Gasteiger charge is -2.39. The van der Waals surface area contributed by atoms with Crippen LogP contribution >= 0.6 is 11.8 Å². The standard InChI is InChI=1S/C12H25N3S/c1-9-10(2)16-8-7-15(9)6-5-12(3,4)11(13)14/h9-10H,5-8H2,1-4H3,(H3,13,14). The zero-order chi connectivity index (χ0) is 12.3. The maximum absolute atomic E-state index is 7.56. The van der Waals surface area contributed by atoms with Crippen LogP contribution in [-0.2, 0) is 0 Å². The van der Waals surface area contributed by atoms with Gasteiger partial charge in [-0.2, -0.15) is 11.8 Å². The average Bonchev–Trinajstić information content (AvgIpc) is 2.20. The van der Waals surface area contributed by atoms with Crippen molar-refractivity contribution >= 4 is 17.6 Å². The fourth-order valence-electron chi connectivity index (χ4n) is 1.87. The molecule has 1 heterocycles. The Morgan fingerprint density at radius 2 is 2.12 bits per heavy atom. The molecule has 0 saturated carbocycles. The SMILES string of the molecule is CC1SCCN(CCC(C)(C)C(=N)N)C1C.